The number of rotatable bonds is 2. The predicted molar refractivity (Wildman–Crippen MR) is 63.0 cm³/mol. The van der Waals surface area contributed by atoms with Crippen LogP contribution in [0.4, 0.5) is 0 Å². The molecule has 0 radical (unpaired) electrons. The van der Waals surface area contributed by atoms with Crippen LogP contribution >= 0.6 is 15.9 Å². The average Bonchev–Trinajstić information content (AvgIpc) is 2.64. The first kappa shape index (κ1) is 11.1. The van der Waals surface area contributed by atoms with Gasteiger partial charge in [-0.2, -0.15) is 0 Å². The van der Waals surface area contributed by atoms with E-state index in [1.165, 1.54) is 0 Å². The number of halogens is 1. The molecule has 1 aliphatic heterocycles. The Balaban J connectivity index is 2.00. The predicted octanol–water partition coefficient (Wildman–Crippen LogP) is 1.07. The molecular weight excluding hydrogens is 272 g/mol. The molecule has 0 aromatic heterocycles. The Labute approximate surface area is 102 Å². The molecule has 1 heterocycles. The zero-order chi connectivity index (χ0) is 11.5. The molecule has 0 spiro atoms. The molecule has 84 valence electrons. The second-order valence-electron chi connectivity index (χ2n) is 3.69. The van der Waals surface area contributed by atoms with Crippen molar-refractivity contribution in [2.24, 2.45) is 0 Å². The van der Waals surface area contributed by atoms with Crippen LogP contribution in [0.25, 0.3) is 0 Å². The number of amides is 2. The maximum absolute atomic E-state index is 11.8. The molecule has 5 heteroatoms. The molecule has 2 rings (SSSR count). The highest BCUT2D eigenvalue weighted by Crippen LogP contribution is 2.12. The van der Waals surface area contributed by atoms with Gasteiger partial charge >= 0.3 is 0 Å². The van der Waals surface area contributed by atoms with E-state index < -0.39 is 0 Å². The zero-order valence-electron chi connectivity index (χ0n) is 8.50. The average molecular weight is 283 g/mol. The van der Waals surface area contributed by atoms with Gasteiger partial charge in [0, 0.05) is 23.0 Å². The summed E-state index contributed by atoms with van der Waals surface area (Å²) in [5.74, 6) is -0.164. The van der Waals surface area contributed by atoms with Crippen LogP contribution in [-0.4, -0.2) is 24.4 Å². The van der Waals surface area contributed by atoms with Crippen molar-refractivity contribution in [2.75, 3.05) is 6.54 Å². The smallest absolute Gasteiger partial charge is 0.251 e. The molecule has 0 aliphatic carbocycles. The third-order valence-electron chi connectivity index (χ3n) is 2.40. The van der Waals surface area contributed by atoms with Gasteiger partial charge in [0.2, 0.25) is 5.91 Å². The van der Waals surface area contributed by atoms with E-state index >= 15 is 0 Å². The van der Waals surface area contributed by atoms with E-state index in [-0.39, 0.29) is 17.9 Å². The molecule has 16 heavy (non-hydrogen) atoms. The standard InChI is InChI=1S/C11H11BrN2O2/c12-8-3-1-2-7(4-8)11(16)14-9-5-10(15)13-6-9/h1-4,9H,5-6H2,(H,13,15)(H,14,16)/t9-/m1/s1. The number of hydrogen-bond donors (Lipinski definition) is 2. The normalized spacial score (nSPS) is 19.3. The molecule has 1 fully saturated rings. The summed E-state index contributed by atoms with van der Waals surface area (Å²) < 4.78 is 0.862. The lowest BCUT2D eigenvalue weighted by Gasteiger charge is -2.10. The molecular formula is C11H11BrN2O2. The fourth-order valence-corrected chi connectivity index (χ4v) is 2.00. The molecule has 4 nitrogen and oxygen atoms in total. The summed E-state index contributed by atoms with van der Waals surface area (Å²) in [5, 5.41) is 5.48. The van der Waals surface area contributed by atoms with Crippen molar-refractivity contribution in [1.82, 2.24) is 10.6 Å². The Morgan fingerprint density at radius 2 is 2.31 bits per heavy atom. The summed E-state index contributed by atoms with van der Waals surface area (Å²) in [7, 11) is 0. The summed E-state index contributed by atoms with van der Waals surface area (Å²) in [6.45, 7) is 0.512. The van der Waals surface area contributed by atoms with Crippen molar-refractivity contribution in [3.05, 3.63) is 34.3 Å². The van der Waals surface area contributed by atoms with Crippen molar-refractivity contribution < 1.29 is 9.59 Å². The summed E-state index contributed by atoms with van der Waals surface area (Å²) in [4.78, 5) is 22.7. The van der Waals surface area contributed by atoms with Gasteiger partial charge in [-0.25, -0.2) is 0 Å². The van der Waals surface area contributed by atoms with E-state index in [1.807, 2.05) is 6.07 Å². The van der Waals surface area contributed by atoms with E-state index in [2.05, 4.69) is 26.6 Å². The highest BCUT2D eigenvalue weighted by molar-refractivity contribution is 9.10. The molecule has 2 amide bonds. The van der Waals surface area contributed by atoms with Crippen LogP contribution in [-0.2, 0) is 4.79 Å². The molecule has 0 bridgehead atoms. The lowest BCUT2D eigenvalue weighted by molar-refractivity contribution is -0.119. The molecule has 1 aromatic rings. The summed E-state index contributed by atoms with van der Waals surface area (Å²) >= 11 is 3.31. The van der Waals surface area contributed by atoms with E-state index in [1.54, 1.807) is 18.2 Å². The first-order valence-corrected chi connectivity index (χ1v) is 5.77. The third-order valence-corrected chi connectivity index (χ3v) is 2.89. The van der Waals surface area contributed by atoms with Gasteiger partial charge in [-0.3, -0.25) is 9.59 Å². The fourth-order valence-electron chi connectivity index (χ4n) is 1.61. The highest BCUT2D eigenvalue weighted by Gasteiger charge is 2.23. The van der Waals surface area contributed by atoms with Gasteiger partial charge in [0.1, 0.15) is 0 Å². The number of carbonyl (C=O) groups excluding carboxylic acids is 2. The molecule has 1 aliphatic rings. The van der Waals surface area contributed by atoms with E-state index in [9.17, 15) is 9.59 Å². The second-order valence-corrected chi connectivity index (χ2v) is 4.60. The third kappa shape index (κ3) is 2.61. The number of hydrogen-bond acceptors (Lipinski definition) is 2. The first-order valence-electron chi connectivity index (χ1n) is 4.98. The van der Waals surface area contributed by atoms with E-state index in [0.29, 0.717) is 18.5 Å². The Morgan fingerprint density at radius 1 is 1.50 bits per heavy atom. The highest BCUT2D eigenvalue weighted by atomic mass is 79.9. The van der Waals surface area contributed by atoms with Crippen LogP contribution in [0.3, 0.4) is 0 Å². The van der Waals surface area contributed by atoms with Crippen molar-refractivity contribution in [3.63, 3.8) is 0 Å². The summed E-state index contributed by atoms with van der Waals surface area (Å²) in [5.41, 5.74) is 0.591. The lowest BCUT2D eigenvalue weighted by Crippen LogP contribution is -2.36. The monoisotopic (exact) mass is 282 g/mol. The van der Waals surface area contributed by atoms with Crippen LogP contribution < -0.4 is 10.6 Å². The Morgan fingerprint density at radius 3 is 2.94 bits per heavy atom. The number of benzene rings is 1. The lowest BCUT2D eigenvalue weighted by atomic mass is 10.2. The van der Waals surface area contributed by atoms with Gasteiger partial charge < -0.3 is 10.6 Å². The first-order chi connectivity index (χ1) is 7.65. The molecule has 0 saturated carbocycles. The van der Waals surface area contributed by atoms with Crippen molar-refractivity contribution in [3.8, 4) is 0 Å². The minimum Gasteiger partial charge on any atom is -0.354 e. The maximum atomic E-state index is 11.8. The van der Waals surface area contributed by atoms with Crippen molar-refractivity contribution >= 4 is 27.7 Å². The van der Waals surface area contributed by atoms with Gasteiger partial charge in [0.25, 0.3) is 5.91 Å². The fraction of sp³-hybridized carbons (Fsp3) is 0.273. The Bertz CT molecular complexity index is 434. The van der Waals surface area contributed by atoms with Crippen molar-refractivity contribution in [2.45, 2.75) is 12.5 Å². The van der Waals surface area contributed by atoms with Gasteiger partial charge in [-0.05, 0) is 18.2 Å². The van der Waals surface area contributed by atoms with Crippen LogP contribution in [0, 0.1) is 0 Å². The van der Waals surface area contributed by atoms with Gasteiger partial charge in [-0.15, -0.1) is 0 Å². The van der Waals surface area contributed by atoms with Crippen LogP contribution in [0.2, 0.25) is 0 Å². The Hall–Kier alpha value is -1.36. The van der Waals surface area contributed by atoms with Gasteiger partial charge in [0.05, 0.1) is 6.04 Å². The minimum absolute atomic E-state index is 0.0143. The SMILES string of the molecule is O=C1C[C@@H](NC(=O)c2cccc(Br)c2)CN1. The quantitative estimate of drug-likeness (QED) is 0.853. The van der Waals surface area contributed by atoms with Crippen LogP contribution in [0.15, 0.2) is 28.7 Å². The molecule has 1 atom stereocenters. The summed E-state index contributed by atoms with van der Waals surface area (Å²) in [6.07, 6.45) is 0.361. The topological polar surface area (TPSA) is 58.2 Å². The molecule has 0 unspecified atom stereocenters. The van der Waals surface area contributed by atoms with Crippen LogP contribution in [0.5, 0.6) is 0 Å². The largest absolute Gasteiger partial charge is 0.354 e. The van der Waals surface area contributed by atoms with E-state index in [4.69, 9.17) is 0 Å². The Kier molecular flexibility index (Phi) is 3.24. The second kappa shape index (κ2) is 4.65. The maximum Gasteiger partial charge on any atom is 0.251 e. The molecule has 2 N–H and O–H groups in total. The molecule has 1 aromatic carbocycles. The van der Waals surface area contributed by atoms with Gasteiger partial charge in [-0.1, -0.05) is 22.0 Å². The van der Waals surface area contributed by atoms with Gasteiger partial charge in [0.15, 0.2) is 0 Å². The molecule has 1 saturated heterocycles. The van der Waals surface area contributed by atoms with Crippen molar-refractivity contribution in [1.29, 1.82) is 0 Å². The summed E-state index contributed by atoms with van der Waals surface area (Å²) in [6, 6.07) is 7.05. The van der Waals surface area contributed by atoms with Crippen LogP contribution in [0.1, 0.15) is 16.8 Å². The zero-order valence-corrected chi connectivity index (χ0v) is 10.1. The minimum atomic E-state index is -0.150. The number of carbonyl (C=O) groups is 2. The van der Waals surface area contributed by atoms with E-state index in [0.717, 1.165) is 4.47 Å². The number of nitrogens with one attached hydrogen (secondary N) is 2.